The van der Waals surface area contributed by atoms with E-state index >= 15 is 0 Å². The maximum atomic E-state index is 12.1. The second-order valence-corrected chi connectivity index (χ2v) is 13.3. The van der Waals surface area contributed by atoms with E-state index in [-0.39, 0.29) is 25.2 Å². The van der Waals surface area contributed by atoms with Crippen molar-refractivity contribution in [3.63, 3.8) is 0 Å². The summed E-state index contributed by atoms with van der Waals surface area (Å²) in [4.78, 5) is 24.2. The molecule has 0 bridgehead atoms. The lowest BCUT2D eigenvalue weighted by atomic mass is 10.0. The van der Waals surface area contributed by atoms with E-state index in [1.165, 1.54) is 103 Å². The van der Waals surface area contributed by atoms with Crippen molar-refractivity contribution < 1.29 is 24.2 Å². The molecule has 48 heavy (non-hydrogen) atoms. The van der Waals surface area contributed by atoms with Gasteiger partial charge in [-0.2, -0.15) is 0 Å². The van der Waals surface area contributed by atoms with Crippen molar-refractivity contribution in [2.45, 2.75) is 200 Å². The number of allylic oxidation sites excluding steroid dienone is 8. The third kappa shape index (κ3) is 36.7. The molecule has 0 aromatic carbocycles. The normalized spacial score (nSPS) is 12.6. The van der Waals surface area contributed by atoms with E-state index in [0.29, 0.717) is 12.8 Å². The lowest BCUT2D eigenvalue weighted by Crippen LogP contribution is -2.28. The number of aliphatic hydroxyl groups is 1. The molecule has 0 rings (SSSR count). The molecule has 5 heteroatoms. The average Bonchev–Trinajstić information content (AvgIpc) is 3.09. The Morgan fingerprint density at radius 2 is 0.896 bits per heavy atom. The van der Waals surface area contributed by atoms with Gasteiger partial charge in [0.15, 0.2) is 6.10 Å². The molecule has 0 saturated heterocycles. The third-order valence-corrected chi connectivity index (χ3v) is 8.64. The van der Waals surface area contributed by atoms with Gasteiger partial charge in [-0.25, -0.2) is 0 Å². The van der Waals surface area contributed by atoms with Gasteiger partial charge in [-0.1, -0.05) is 178 Å². The molecule has 278 valence electrons. The number of hydrogen-bond donors (Lipinski definition) is 1. The highest BCUT2D eigenvalue weighted by Crippen LogP contribution is 2.15. The number of ether oxygens (including phenoxy) is 2. The highest BCUT2D eigenvalue weighted by Gasteiger charge is 2.16. The molecule has 5 nitrogen and oxygen atoms in total. The standard InChI is InChI=1S/C43H76O5/c1-3-5-7-9-11-13-15-17-19-20-21-22-24-25-27-29-31-33-35-37-42(45)47-40-41(39-44)48-43(46)38-36-34-32-30-28-26-23-18-16-14-12-10-8-6-4-2/h6,8,12,14,18,23,28,30,41,44H,3-5,7,9-11,13,15-17,19-22,24-27,29,31-40H2,1-2H3/b8-6+,14-12+,23-18+,30-28+/t41-/m0/s1. The zero-order chi connectivity index (χ0) is 35.0. The molecular weight excluding hydrogens is 596 g/mol. The summed E-state index contributed by atoms with van der Waals surface area (Å²) in [5, 5.41) is 9.55. The number of esters is 2. The number of rotatable bonds is 36. The maximum absolute atomic E-state index is 12.1. The zero-order valence-electron chi connectivity index (χ0n) is 31.5. The van der Waals surface area contributed by atoms with Crippen molar-refractivity contribution in [1.29, 1.82) is 0 Å². The topological polar surface area (TPSA) is 72.8 Å². The fraction of sp³-hybridized carbons (Fsp3) is 0.767. The van der Waals surface area contributed by atoms with Gasteiger partial charge in [0.05, 0.1) is 6.61 Å². The molecule has 0 unspecified atom stereocenters. The summed E-state index contributed by atoms with van der Waals surface area (Å²) in [6, 6.07) is 0. The first kappa shape index (κ1) is 45.9. The van der Waals surface area contributed by atoms with Crippen LogP contribution in [0.2, 0.25) is 0 Å². The predicted molar refractivity (Wildman–Crippen MR) is 205 cm³/mol. The molecule has 1 N–H and O–H groups in total. The second kappa shape index (κ2) is 39.3. The highest BCUT2D eigenvalue weighted by molar-refractivity contribution is 5.70. The van der Waals surface area contributed by atoms with Crippen molar-refractivity contribution in [1.82, 2.24) is 0 Å². The summed E-state index contributed by atoms with van der Waals surface area (Å²) < 4.78 is 10.6. The summed E-state index contributed by atoms with van der Waals surface area (Å²) in [6.45, 7) is 3.99. The molecule has 0 aliphatic rings. The quantitative estimate of drug-likeness (QED) is 0.0407. The van der Waals surface area contributed by atoms with Crippen LogP contribution in [0.1, 0.15) is 194 Å². The molecule has 0 aliphatic heterocycles. The Labute approximate surface area is 297 Å². The lowest BCUT2D eigenvalue weighted by molar-refractivity contribution is -0.161. The Morgan fingerprint density at radius 3 is 1.35 bits per heavy atom. The molecule has 0 fully saturated rings. The largest absolute Gasteiger partial charge is 0.462 e. The van der Waals surface area contributed by atoms with E-state index < -0.39 is 6.10 Å². The van der Waals surface area contributed by atoms with Crippen molar-refractivity contribution in [2.24, 2.45) is 0 Å². The molecule has 0 spiro atoms. The summed E-state index contributed by atoms with van der Waals surface area (Å²) in [5.74, 6) is -0.636. The van der Waals surface area contributed by atoms with Crippen molar-refractivity contribution in [2.75, 3.05) is 13.2 Å². The van der Waals surface area contributed by atoms with Gasteiger partial charge in [-0.05, 0) is 51.4 Å². The van der Waals surface area contributed by atoms with Gasteiger partial charge in [-0.15, -0.1) is 0 Å². The first-order chi connectivity index (χ1) is 23.6. The predicted octanol–water partition coefficient (Wildman–Crippen LogP) is 12.6. The van der Waals surface area contributed by atoms with Gasteiger partial charge < -0.3 is 14.6 Å². The van der Waals surface area contributed by atoms with Crippen LogP contribution in [-0.2, 0) is 19.1 Å². The number of unbranched alkanes of at least 4 members (excludes halogenated alkanes) is 20. The Kier molecular flexibility index (Phi) is 37.5. The third-order valence-electron chi connectivity index (χ3n) is 8.64. The van der Waals surface area contributed by atoms with Gasteiger partial charge in [0.1, 0.15) is 6.61 Å². The van der Waals surface area contributed by atoms with Crippen molar-refractivity contribution >= 4 is 11.9 Å². The minimum atomic E-state index is -0.791. The fourth-order valence-electron chi connectivity index (χ4n) is 5.60. The van der Waals surface area contributed by atoms with Crippen LogP contribution in [0.5, 0.6) is 0 Å². The summed E-state index contributed by atoms with van der Waals surface area (Å²) in [5.41, 5.74) is 0. The SMILES string of the molecule is CC/C=C/C/C=C/C/C=C/C/C=C/CCCCC(=O)O[C@@H](CO)COC(=O)CCCCCCCCCCCCCCCCCCCCC. The van der Waals surface area contributed by atoms with Crippen LogP contribution in [0.15, 0.2) is 48.6 Å². The Morgan fingerprint density at radius 1 is 0.500 bits per heavy atom. The highest BCUT2D eigenvalue weighted by atomic mass is 16.6. The molecule has 0 amide bonds. The van der Waals surface area contributed by atoms with Gasteiger partial charge >= 0.3 is 11.9 Å². The van der Waals surface area contributed by atoms with Crippen LogP contribution in [0, 0.1) is 0 Å². The van der Waals surface area contributed by atoms with E-state index in [0.717, 1.165) is 64.2 Å². The lowest BCUT2D eigenvalue weighted by Gasteiger charge is -2.15. The van der Waals surface area contributed by atoms with Gasteiger partial charge in [0.2, 0.25) is 0 Å². The molecule has 0 aliphatic carbocycles. The smallest absolute Gasteiger partial charge is 0.306 e. The van der Waals surface area contributed by atoms with Crippen LogP contribution >= 0.6 is 0 Å². The van der Waals surface area contributed by atoms with Crippen LogP contribution in [0.3, 0.4) is 0 Å². The van der Waals surface area contributed by atoms with E-state index in [1.54, 1.807) is 0 Å². The van der Waals surface area contributed by atoms with E-state index in [9.17, 15) is 14.7 Å². The molecule has 0 aromatic rings. The minimum absolute atomic E-state index is 0.0812. The maximum Gasteiger partial charge on any atom is 0.306 e. The monoisotopic (exact) mass is 673 g/mol. The molecule has 0 heterocycles. The Hall–Kier alpha value is -2.14. The van der Waals surface area contributed by atoms with Crippen LogP contribution in [0.4, 0.5) is 0 Å². The second-order valence-electron chi connectivity index (χ2n) is 13.3. The van der Waals surface area contributed by atoms with Crippen LogP contribution < -0.4 is 0 Å². The molecule has 0 aromatic heterocycles. The Bertz CT molecular complexity index is 812. The molecule has 1 atom stereocenters. The van der Waals surface area contributed by atoms with Gasteiger partial charge in [0.25, 0.3) is 0 Å². The average molecular weight is 673 g/mol. The van der Waals surface area contributed by atoms with E-state index in [1.807, 2.05) is 0 Å². The fourth-order valence-corrected chi connectivity index (χ4v) is 5.60. The van der Waals surface area contributed by atoms with Crippen LogP contribution in [0.25, 0.3) is 0 Å². The minimum Gasteiger partial charge on any atom is -0.462 e. The summed E-state index contributed by atoms with van der Waals surface area (Å²) in [7, 11) is 0. The summed E-state index contributed by atoms with van der Waals surface area (Å²) >= 11 is 0. The molecule has 0 saturated carbocycles. The van der Waals surface area contributed by atoms with Gasteiger partial charge in [0, 0.05) is 12.8 Å². The first-order valence-electron chi connectivity index (χ1n) is 20.2. The van der Waals surface area contributed by atoms with Crippen molar-refractivity contribution in [3.05, 3.63) is 48.6 Å². The van der Waals surface area contributed by atoms with E-state index in [4.69, 9.17) is 9.47 Å². The zero-order valence-corrected chi connectivity index (χ0v) is 31.5. The van der Waals surface area contributed by atoms with Gasteiger partial charge in [-0.3, -0.25) is 9.59 Å². The van der Waals surface area contributed by atoms with E-state index in [2.05, 4.69) is 62.5 Å². The summed E-state index contributed by atoms with van der Waals surface area (Å²) in [6.07, 6.45) is 48.9. The Balaban J connectivity index is 3.58. The number of carbonyl (C=O) groups is 2. The first-order valence-corrected chi connectivity index (χ1v) is 20.2. The number of hydrogen-bond acceptors (Lipinski definition) is 5. The number of aliphatic hydroxyl groups excluding tert-OH is 1. The van der Waals surface area contributed by atoms with Crippen LogP contribution in [-0.4, -0.2) is 36.4 Å². The molecule has 0 radical (unpaired) electrons. The number of carbonyl (C=O) groups excluding carboxylic acids is 2. The van der Waals surface area contributed by atoms with Crippen molar-refractivity contribution in [3.8, 4) is 0 Å². The molecular formula is C43H76O5.